The van der Waals surface area contributed by atoms with Gasteiger partial charge in [0, 0.05) is 12.2 Å². The van der Waals surface area contributed by atoms with E-state index in [1.54, 1.807) is 0 Å². The van der Waals surface area contributed by atoms with Crippen molar-refractivity contribution in [2.75, 3.05) is 13.2 Å². The number of hydrogen-bond donors (Lipinski definition) is 0. The number of hydrogen-bond acceptors (Lipinski definition) is 8. The Morgan fingerprint density at radius 3 is 1.35 bits per heavy atom. The maximum atomic E-state index is 11.6. The highest BCUT2D eigenvalue weighted by Crippen LogP contribution is 2.22. The summed E-state index contributed by atoms with van der Waals surface area (Å²) in [5.74, 6) is -2.31. The molecule has 0 aliphatic heterocycles. The smallest absolute Gasteiger partial charge is 0.288 e. The quantitative estimate of drug-likeness (QED) is 0.479. The molecule has 1 rings (SSSR count). The van der Waals surface area contributed by atoms with Gasteiger partial charge in [0.1, 0.15) is 9.81 Å². The first kappa shape index (κ1) is 16.7. The summed E-state index contributed by atoms with van der Waals surface area (Å²) in [5.41, 5.74) is 0. The van der Waals surface area contributed by atoms with Gasteiger partial charge in [-0.1, -0.05) is 0 Å². The van der Waals surface area contributed by atoms with Gasteiger partial charge in [0.05, 0.1) is 13.2 Å². The highest BCUT2D eigenvalue weighted by Gasteiger charge is 2.35. The van der Waals surface area contributed by atoms with E-state index in [9.17, 15) is 26.4 Å². The van der Waals surface area contributed by atoms with Crippen LogP contribution in [-0.2, 0) is 38.2 Å². The van der Waals surface area contributed by atoms with Crippen molar-refractivity contribution in [1.29, 1.82) is 0 Å². The van der Waals surface area contributed by atoms with Crippen LogP contribution in [0.2, 0.25) is 0 Å². The summed E-state index contributed by atoms with van der Waals surface area (Å²) in [4.78, 5) is 21.5. The molecule has 0 aromatic carbocycles. The lowest BCUT2D eigenvalue weighted by molar-refractivity contribution is -0.114. The number of carbonyl (C=O) groups excluding carboxylic acids is 2. The molecule has 0 saturated carbocycles. The third kappa shape index (κ3) is 3.39. The zero-order valence-corrected chi connectivity index (χ0v) is 12.3. The van der Waals surface area contributed by atoms with Gasteiger partial charge in [0.2, 0.25) is 11.6 Å². The van der Waals surface area contributed by atoms with Crippen molar-refractivity contribution in [3.63, 3.8) is 0 Å². The molecule has 0 spiro atoms. The molecule has 1 aliphatic rings. The van der Waals surface area contributed by atoms with Crippen LogP contribution >= 0.6 is 0 Å². The predicted molar refractivity (Wildman–Crippen MR) is 67.3 cm³/mol. The topological polar surface area (TPSA) is 121 Å². The molecule has 112 valence electrons. The Bertz CT molecular complexity index is 632. The van der Waals surface area contributed by atoms with Crippen LogP contribution in [-0.4, -0.2) is 41.6 Å². The van der Waals surface area contributed by atoms with Crippen LogP contribution in [0.1, 0.15) is 13.8 Å². The van der Waals surface area contributed by atoms with Crippen molar-refractivity contribution in [2.24, 2.45) is 0 Å². The van der Waals surface area contributed by atoms with E-state index in [0.29, 0.717) is 12.2 Å². The van der Waals surface area contributed by atoms with Crippen LogP contribution < -0.4 is 0 Å². The van der Waals surface area contributed by atoms with E-state index in [-0.39, 0.29) is 13.2 Å². The second kappa shape index (κ2) is 5.95. The SMILES string of the molecule is CCOS(=O)(=O)C1=CC(=O)C(S(=O)(=O)OCC)=CC1=O. The molecule has 0 radical (unpaired) electrons. The summed E-state index contributed by atoms with van der Waals surface area (Å²) in [6, 6.07) is 0. The summed E-state index contributed by atoms with van der Waals surface area (Å²) in [6.07, 6.45) is 0.832. The van der Waals surface area contributed by atoms with Crippen molar-refractivity contribution in [2.45, 2.75) is 13.8 Å². The van der Waals surface area contributed by atoms with E-state index in [1.807, 2.05) is 0 Å². The van der Waals surface area contributed by atoms with Crippen LogP contribution in [0.15, 0.2) is 22.0 Å². The molecule has 0 unspecified atom stereocenters. The van der Waals surface area contributed by atoms with E-state index in [1.165, 1.54) is 13.8 Å². The van der Waals surface area contributed by atoms with Gasteiger partial charge in [0.25, 0.3) is 0 Å². The largest absolute Gasteiger partial charge is 0.301 e. The standard InChI is InChI=1S/C10H12O8S2/c1-3-17-19(13,14)9-5-8(12)10(6-7(9)11)20(15,16)18-4-2/h5-6H,3-4H2,1-2H3. The van der Waals surface area contributed by atoms with Gasteiger partial charge in [-0.25, -0.2) is 0 Å². The lowest BCUT2D eigenvalue weighted by Crippen LogP contribution is -2.25. The van der Waals surface area contributed by atoms with E-state index in [0.717, 1.165) is 0 Å². The number of carbonyl (C=O) groups is 2. The Kier molecular flexibility index (Phi) is 4.97. The molecule has 1 aliphatic carbocycles. The molecule has 0 heterocycles. The second-order valence-electron chi connectivity index (χ2n) is 3.47. The van der Waals surface area contributed by atoms with Gasteiger partial charge >= 0.3 is 20.2 Å². The zero-order valence-electron chi connectivity index (χ0n) is 10.7. The lowest BCUT2D eigenvalue weighted by Gasteiger charge is -2.12. The minimum atomic E-state index is -4.39. The van der Waals surface area contributed by atoms with Gasteiger partial charge in [-0.15, -0.1) is 0 Å². The van der Waals surface area contributed by atoms with E-state index >= 15 is 0 Å². The minimum Gasteiger partial charge on any atom is -0.288 e. The Balaban J connectivity index is 3.24. The molecule has 0 aromatic rings. The van der Waals surface area contributed by atoms with E-state index < -0.39 is 41.6 Å². The first-order chi connectivity index (χ1) is 9.15. The van der Waals surface area contributed by atoms with E-state index in [4.69, 9.17) is 0 Å². The molecular weight excluding hydrogens is 312 g/mol. The molecule has 0 N–H and O–H groups in total. The van der Waals surface area contributed by atoms with Crippen molar-refractivity contribution in [1.82, 2.24) is 0 Å². The van der Waals surface area contributed by atoms with Gasteiger partial charge in [-0.2, -0.15) is 16.8 Å². The van der Waals surface area contributed by atoms with E-state index in [2.05, 4.69) is 8.37 Å². The molecule has 10 heteroatoms. The Hall–Kier alpha value is -1.36. The Morgan fingerprint density at radius 1 is 0.800 bits per heavy atom. The van der Waals surface area contributed by atoms with Crippen LogP contribution in [0.5, 0.6) is 0 Å². The third-order valence-corrected chi connectivity index (χ3v) is 4.90. The van der Waals surface area contributed by atoms with Gasteiger partial charge in [0.15, 0.2) is 0 Å². The molecular formula is C10H12O8S2. The fourth-order valence-electron chi connectivity index (χ4n) is 1.35. The van der Waals surface area contributed by atoms with Crippen LogP contribution in [0, 0.1) is 0 Å². The molecule has 0 atom stereocenters. The maximum Gasteiger partial charge on any atom is 0.301 e. The van der Waals surface area contributed by atoms with Gasteiger partial charge < -0.3 is 0 Å². The average molecular weight is 324 g/mol. The summed E-state index contributed by atoms with van der Waals surface area (Å²) < 4.78 is 55.0. The second-order valence-corrected chi connectivity index (χ2v) is 6.63. The van der Waals surface area contributed by atoms with Crippen molar-refractivity contribution in [3.8, 4) is 0 Å². The highest BCUT2D eigenvalue weighted by molar-refractivity contribution is 7.92. The highest BCUT2D eigenvalue weighted by atomic mass is 32.2. The Morgan fingerprint density at radius 2 is 1.10 bits per heavy atom. The molecule has 0 amide bonds. The fourth-order valence-corrected chi connectivity index (χ4v) is 3.34. The summed E-state index contributed by atoms with van der Waals surface area (Å²) >= 11 is 0. The molecule has 0 saturated heterocycles. The first-order valence-electron chi connectivity index (χ1n) is 5.46. The molecule has 0 bridgehead atoms. The summed E-state index contributed by atoms with van der Waals surface area (Å²) in [5, 5.41) is 0. The van der Waals surface area contributed by atoms with Crippen molar-refractivity contribution >= 4 is 31.8 Å². The lowest BCUT2D eigenvalue weighted by atomic mass is 10.2. The normalized spacial score (nSPS) is 16.9. The summed E-state index contributed by atoms with van der Waals surface area (Å²) in [6.45, 7) is 2.31. The number of rotatable bonds is 6. The minimum absolute atomic E-state index is 0.227. The monoisotopic (exact) mass is 324 g/mol. The first-order valence-corrected chi connectivity index (χ1v) is 8.28. The van der Waals surface area contributed by atoms with Gasteiger partial charge in [-0.3, -0.25) is 18.0 Å². The fraction of sp³-hybridized carbons (Fsp3) is 0.400. The molecule has 8 nitrogen and oxygen atoms in total. The number of ketones is 2. The third-order valence-electron chi connectivity index (χ3n) is 2.09. The van der Waals surface area contributed by atoms with Crippen molar-refractivity contribution < 1.29 is 34.8 Å². The Labute approximate surface area is 116 Å². The number of allylic oxidation sites excluding steroid dienone is 4. The molecule has 0 fully saturated rings. The zero-order chi connectivity index (χ0) is 15.6. The van der Waals surface area contributed by atoms with Crippen LogP contribution in [0.3, 0.4) is 0 Å². The average Bonchev–Trinajstić information content (AvgIpc) is 2.31. The van der Waals surface area contributed by atoms with Crippen LogP contribution in [0.25, 0.3) is 0 Å². The van der Waals surface area contributed by atoms with Gasteiger partial charge in [-0.05, 0) is 13.8 Å². The molecule has 20 heavy (non-hydrogen) atoms. The molecule has 0 aromatic heterocycles. The summed E-state index contributed by atoms with van der Waals surface area (Å²) in [7, 11) is -8.77. The van der Waals surface area contributed by atoms with Crippen LogP contribution in [0.4, 0.5) is 0 Å². The predicted octanol–water partition coefficient (Wildman–Crippen LogP) is -0.361. The van der Waals surface area contributed by atoms with Crippen molar-refractivity contribution in [3.05, 3.63) is 22.0 Å². The maximum absolute atomic E-state index is 11.6.